The van der Waals surface area contributed by atoms with Gasteiger partial charge in [0, 0.05) is 0 Å². The van der Waals surface area contributed by atoms with Gasteiger partial charge in [-0.1, -0.05) is 69.3 Å². The highest BCUT2D eigenvalue weighted by atomic mass is 32.2. The van der Waals surface area contributed by atoms with Crippen molar-refractivity contribution in [2.45, 2.75) is 43.4 Å². The second-order valence-electron chi connectivity index (χ2n) is 7.02. The quantitative estimate of drug-likeness (QED) is 0.900. The highest BCUT2D eigenvalue weighted by Crippen LogP contribution is 2.35. The Bertz CT molecular complexity index is 716. The van der Waals surface area contributed by atoms with Gasteiger partial charge in [-0.2, -0.15) is 0 Å². The molecule has 0 aliphatic heterocycles. The Hall–Kier alpha value is -1.65. The molecule has 3 nitrogen and oxygen atoms in total. The van der Waals surface area contributed by atoms with E-state index in [1.807, 2.05) is 39.0 Å². The minimum absolute atomic E-state index is 0.220. The summed E-state index contributed by atoms with van der Waals surface area (Å²) in [5.74, 6) is 0. The standard InChI is InChI=1S/C19H24O3S/c1-19(2,3)14-17(18(20)15-10-6-4-7-11-15)23(21,22)16-12-8-5-9-13-16/h4-13,17-18,20H,14H2,1-3H3/t17-,18-/m1/s1. The zero-order chi connectivity index (χ0) is 17.1. The highest BCUT2D eigenvalue weighted by molar-refractivity contribution is 7.92. The van der Waals surface area contributed by atoms with Crippen LogP contribution in [-0.2, 0) is 9.84 Å². The number of hydrogen-bond donors (Lipinski definition) is 1. The van der Waals surface area contributed by atoms with Gasteiger partial charge in [0.05, 0.1) is 16.2 Å². The van der Waals surface area contributed by atoms with Crippen LogP contribution in [0, 0.1) is 5.41 Å². The molecule has 23 heavy (non-hydrogen) atoms. The summed E-state index contributed by atoms with van der Waals surface area (Å²) < 4.78 is 26.1. The summed E-state index contributed by atoms with van der Waals surface area (Å²) in [6.07, 6.45) is -0.680. The zero-order valence-electron chi connectivity index (χ0n) is 13.8. The maximum Gasteiger partial charge on any atom is 0.184 e. The molecule has 0 fully saturated rings. The SMILES string of the molecule is CC(C)(C)C[C@H]([C@H](O)c1ccccc1)S(=O)(=O)c1ccccc1. The molecular weight excluding hydrogens is 308 g/mol. The largest absolute Gasteiger partial charge is 0.387 e. The monoisotopic (exact) mass is 332 g/mol. The maximum absolute atomic E-state index is 13.1. The summed E-state index contributed by atoms with van der Waals surface area (Å²) in [7, 11) is -3.63. The van der Waals surface area contributed by atoms with Crippen molar-refractivity contribution in [3.63, 3.8) is 0 Å². The predicted molar refractivity (Wildman–Crippen MR) is 92.9 cm³/mol. The fourth-order valence-corrected chi connectivity index (χ4v) is 4.75. The third-order valence-electron chi connectivity index (χ3n) is 3.78. The van der Waals surface area contributed by atoms with E-state index in [0.29, 0.717) is 12.0 Å². The van der Waals surface area contributed by atoms with Crippen molar-refractivity contribution in [2.24, 2.45) is 5.41 Å². The van der Waals surface area contributed by atoms with Crippen LogP contribution in [0.5, 0.6) is 0 Å². The van der Waals surface area contributed by atoms with E-state index in [4.69, 9.17) is 0 Å². The van der Waals surface area contributed by atoms with Gasteiger partial charge in [0.1, 0.15) is 0 Å². The molecule has 0 amide bonds. The molecule has 4 heteroatoms. The lowest BCUT2D eigenvalue weighted by Gasteiger charge is -2.29. The first-order valence-corrected chi connectivity index (χ1v) is 9.28. The molecule has 2 aromatic carbocycles. The topological polar surface area (TPSA) is 54.4 Å². The van der Waals surface area contributed by atoms with Crippen LogP contribution in [0.1, 0.15) is 38.9 Å². The molecule has 0 unspecified atom stereocenters. The van der Waals surface area contributed by atoms with Crippen molar-refractivity contribution in [3.05, 3.63) is 66.2 Å². The molecule has 0 aromatic heterocycles. The molecule has 124 valence electrons. The summed E-state index contributed by atoms with van der Waals surface area (Å²) in [5.41, 5.74) is 0.406. The Morgan fingerprint density at radius 3 is 1.87 bits per heavy atom. The van der Waals surface area contributed by atoms with E-state index < -0.39 is 21.2 Å². The number of sulfone groups is 1. The number of rotatable bonds is 5. The molecule has 0 heterocycles. The number of hydrogen-bond acceptors (Lipinski definition) is 3. The second-order valence-corrected chi connectivity index (χ2v) is 9.18. The first-order chi connectivity index (χ1) is 10.7. The van der Waals surface area contributed by atoms with Crippen LogP contribution in [0.3, 0.4) is 0 Å². The molecule has 0 saturated heterocycles. The van der Waals surface area contributed by atoms with Crippen LogP contribution in [0.15, 0.2) is 65.6 Å². The molecule has 2 aromatic rings. The smallest absolute Gasteiger partial charge is 0.184 e. The fourth-order valence-electron chi connectivity index (χ4n) is 2.64. The van der Waals surface area contributed by atoms with Gasteiger partial charge in [0.15, 0.2) is 9.84 Å². The average Bonchev–Trinajstić information content (AvgIpc) is 2.53. The lowest BCUT2D eigenvalue weighted by atomic mass is 9.87. The van der Waals surface area contributed by atoms with Gasteiger partial charge in [-0.15, -0.1) is 0 Å². The highest BCUT2D eigenvalue weighted by Gasteiger charge is 2.37. The van der Waals surface area contributed by atoms with Crippen molar-refractivity contribution >= 4 is 9.84 Å². The Morgan fingerprint density at radius 1 is 0.913 bits per heavy atom. The summed E-state index contributed by atoms with van der Waals surface area (Å²) in [6, 6.07) is 17.4. The molecule has 2 rings (SSSR count). The van der Waals surface area contributed by atoms with Crippen LogP contribution in [0.4, 0.5) is 0 Å². The van der Waals surface area contributed by atoms with Gasteiger partial charge in [-0.05, 0) is 29.5 Å². The first-order valence-electron chi connectivity index (χ1n) is 7.74. The molecular formula is C19H24O3S. The van der Waals surface area contributed by atoms with Crippen LogP contribution in [0.25, 0.3) is 0 Å². The van der Waals surface area contributed by atoms with Crippen molar-refractivity contribution < 1.29 is 13.5 Å². The minimum atomic E-state index is -3.63. The van der Waals surface area contributed by atoms with Gasteiger partial charge >= 0.3 is 0 Å². The fraction of sp³-hybridized carbons (Fsp3) is 0.368. The summed E-state index contributed by atoms with van der Waals surface area (Å²) in [5, 5.41) is 9.88. The number of aliphatic hydroxyl groups is 1. The zero-order valence-corrected chi connectivity index (χ0v) is 14.6. The Kier molecular flexibility index (Phi) is 5.27. The number of aliphatic hydroxyl groups excluding tert-OH is 1. The first kappa shape index (κ1) is 17.7. The van der Waals surface area contributed by atoms with E-state index >= 15 is 0 Å². The average molecular weight is 332 g/mol. The molecule has 2 atom stereocenters. The van der Waals surface area contributed by atoms with Crippen LogP contribution in [-0.4, -0.2) is 18.8 Å². The third kappa shape index (κ3) is 4.43. The molecule has 0 saturated carbocycles. The van der Waals surface area contributed by atoms with Crippen molar-refractivity contribution in [1.82, 2.24) is 0 Å². The molecule has 0 spiro atoms. The lowest BCUT2D eigenvalue weighted by molar-refractivity contribution is 0.150. The normalized spacial score (nSPS) is 15.1. The minimum Gasteiger partial charge on any atom is -0.387 e. The van der Waals surface area contributed by atoms with Gasteiger partial charge < -0.3 is 5.11 Å². The number of benzene rings is 2. The maximum atomic E-state index is 13.1. The van der Waals surface area contributed by atoms with E-state index in [1.165, 1.54) is 0 Å². The van der Waals surface area contributed by atoms with E-state index in [2.05, 4.69) is 0 Å². The Morgan fingerprint density at radius 2 is 1.39 bits per heavy atom. The van der Waals surface area contributed by atoms with Crippen molar-refractivity contribution in [3.8, 4) is 0 Å². The van der Waals surface area contributed by atoms with Crippen molar-refractivity contribution in [2.75, 3.05) is 0 Å². The Balaban J connectivity index is 2.46. The molecule has 0 aliphatic rings. The Labute approximate surface area is 138 Å². The third-order valence-corrected chi connectivity index (χ3v) is 5.93. The van der Waals surface area contributed by atoms with Gasteiger partial charge in [-0.25, -0.2) is 8.42 Å². The molecule has 0 aliphatic carbocycles. The van der Waals surface area contributed by atoms with Gasteiger partial charge in [-0.3, -0.25) is 0 Å². The molecule has 1 N–H and O–H groups in total. The summed E-state index contributed by atoms with van der Waals surface area (Å²) >= 11 is 0. The van der Waals surface area contributed by atoms with Crippen LogP contribution >= 0.6 is 0 Å². The van der Waals surface area contributed by atoms with Crippen LogP contribution in [0.2, 0.25) is 0 Å². The molecule has 0 bridgehead atoms. The molecule has 0 radical (unpaired) electrons. The summed E-state index contributed by atoms with van der Waals surface area (Å²) in [4.78, 5) is 0.254. The van der Waals surface area contributed by atoms with E-state index in [0.717, 1.165) is 0 Å². The van der Waals surface area contributed by atoms with E-state index in [-0.39, 0.29) is 10.3 Å². The van der Waals surface area contributed by atoms with Gasteiger partial charge in [0.2, 0.25) is 0 Å². The second kappa shape index (κ2) is 6.85. The lowest BCUT2D eigenvalue weighted by Crippen LogP contribution is -2.32. The summed E-state index contributed by atoms with van der Waals surface area (Å²) in [6.45, 7) is 5.95. The van der Waals surface area contributed by atoms with Crippen molar-refractivity contribution in [1.29, 1.82) is 0 Å². The van der Waals surface area contributed by atoms with Gasteiger partial charge in [0.25, 0.3) is 0 Å². The van der Waals surface area contributed by atoms with E-state index in [1.54, 1.807) is 42.5 Å². The predicted octanol–water partition coefficient (Wildman–Crippen LogP) is 4.00. The van der Waals surface area contributed by atoms with Crippen LogP contribution < -0.4 is 0 Å². The van der Waals surface area contributed by atoms with E-state index in [9.17, 15) is 13.5 Å².